The fourth-order valence-electron chi connectivity index (χ4n) is 2.63. The van der Waals surface area contributed by atoms with Crippen LogP contribution in [0, 0.1) is 0 Å². The SMILES string of the molecule is CCCNC(=O)CCCCC1SCC2NC(=O)NC21. The van der Waals surface area contributed by atoms with Crippen molar-refractivity contribution in [3.63, 3.8) is 0 Å². The van der Waals surface area contributed by atoms with Gasteiger partial charge in [0.2, 0.25) is 5.91 Å². The highest BCUT2D eigenvalue weighted by molar-refractivity contribution is 8.00. The zero-order valence-electron chi connectivity index (χ0n) is 11.4. The van der Waals surface area contributed by atoms with E-state index < -0.39 is 0 Å². The second-order valence-electron chi connectivity index (χ2n) is 5.22. The highest BCUT2D eigenvalue weighted by Gasteiger charge is 2.42. The molecular formula is C13H23N3O2S. The average molecular weight is 285 g/mol. The molecule has 3 atom stereocenters. The van der Waals surface area contributed by atoms with Crippen molar-refractivity contribution < 1.29 is 9.59 Å². The predicted molar refractivity (Wildman–Crippen MR) is 77.3 cm³/mol. The third-order valence-electron chi connectivity index (χ3n) is 3.65. The van der Waals surface area contributed by atoms with E-state index >= 15 is 0 Å². The molecule has 2 aliphatic heterocycles. The predicted octanol–water partition coefficient (Wildman–Crippen LogP) is 1.24. The molecule has 0 saturated carbocycles. The maximum atomic E-state index is 11.4. The van der Waals surface area contributed by atoms with Crippen molar-refractivity contribution in [2.24, 2.45) is 0 Å². The maximum absolute atomic E-state index is 11.4. The number of nitrogens with one attached hydrogen (secondary N) is 3. The number of hydrogen-bond donors (Lipinski definition) is 3. The first-order valence-electron chi connectivity index (χ1n) is 7.16. The third kappa shape index (κ3) is 4.03. The molecule has 6 heteroatoms. The van der Waals surface area contributed by atoms with E-state index in [0.717, 1.165) is 38.0 Å². The van der Waals surface area contributed by atoms with Gasteiger partial charge in [0.05, 0.1) is 12.1 Å². The quantitative estimate of drug-likeness (QED) is 0.487. The molecule has 0 aliphatic carbocycles. The van der Waals surface area contributed by atoms with Crippen molar-refractivity contribution in [1.29, 1.82) is 0 Å². The summed E-state index contributed by atoms with van der Waals surface area (Å²) in [5.41, 5.74) is 0. The Morgan fingerprint density at radius 1 is 1.42 bits per heavy atom. The molecule has 0 spiro atoms. The summed E-state index contributed by atoms with van der Waals surface area (Å²) in [6.45, 7) is 2.83. The topological polar surface area (TPSA) is 70.2 Å². The summed E-state index contributed by atoms with van der Waals surface area (Å²) in [7, 11) is 0. The highest BCUT2D eigenvalue weighted by atomic mass is 32.2. The Labute approximate surface area is 118 Å². The average Bonchev–Trinajstić information content (AvgIpc) is 2.92. The number of carbonyl (C=O) groups excluding carboxylic acids is 2. The molecule has 2 rings (SSSR count). The number of fused-ring (bicyclic) bond motifs is 1. The van der Waals surface area contributed by atoms with E-state index in [0.29, 0.717) is 17.7 Å². The second-order valence-corrected chi connectivity index (χ2v) is 6.49. The van der Waals surface area contributed by atoms with Gasteiger partial charge >= 0.3 is 6.03 Å². The van der Waals surface area contributed by atoms with Crippen LogP contribution in [0.15, 0.2) is 0 Å². The van der Waals surface area contributed by atoms with E-state index in [4.69, 9.17) is 0 Å². The molecule has 2 heterocycles. The van der Waals surface area contributed by atoms with Gasteiger partial charge < -0.3 is 16.0 Å². The molecule has 3 unspecified atom stereocenters. The van der Waals surface area contributed by atoms with E-state index in [-0.39, 0.29) is 18.0 Å². The standard InChI is InChI=1S/C13H23N3O2S/c1-2-7-14-11(17)6-4-3-5-10-12-9(8-19-10)15-13(18)16-12/h9-10,12H,2-8H2,1H3,(H,14,17)(H2,15,16,18). The monoisotopic (exact) mass is 285 g/mol. The van der Waals surface area contributed by atoms with Crippen LogP contribution in [0.2, 0.25) is 0 Å². The van der Waals surface area contributed by atoms with Gasteiger partial charge in [-0.05, 0) is 19.3 Å². The van der Waals surface area contributed by atoms with Crippen molar-refractivity contribution in [1.82, 2.24) is 16.0 Å². The molecule has 2 aliphatic rings. The van der Waals surface area contributed by atoms with Gasteiger partial charge in [0.1, 0.15) is 0 Å². The van der Waals surface area contributed by atoms with Crippen molar-refractivity contribution in [3.05, 3.63) is 0 Å². The molecule has 3 amide bonds. The molecule has 0 bridgehead atoms. The van der Waals surface area contributed by atoms with Crippen LogP contribution in [0.3, 0.4) is 0 Å². The first kappa shape index (κ1) is 14.5. The fourth-order valence-corrected chi connectivity index (χ4v) is 4.17. The third-order valence-corrected chi connectivity index (χ3v) is 5.16. The zero-order valence-corrected chi connectivity index (χ0v) is 12.2. The van der Waals surface area contributed by atoms with E-state index in [9.17, 15) is 9.59 Å². The molecule has 0 radical (unpaired) electrons. The zero-order chi connectivity index (χ0) is 13.7. The van der Waals surface area contributed by atoms with Crippen LogP contribution in [-0.4, -0.2) is 41.6 Å². The number of amides is 3. The van der Waals surface area contributed by atoms with Crippen molar-refractivity contribution in [3.8, 4) is 0 Å². The van der Waals surface area contributed by atoms with Crippen LogP contribution in [0.5, 0.6) is 0 Å². The van der Waals surface area contributed by atoms with Gasteiger partial charge in [-0.3, -0.25) is 4.79 Å². The fraction of sp³-hybridized carbons (Fsp3) is 0.846. The van der Waals surface area contributed by atoms with Gasteiger partial charge in [0.25, 0.3) is 0 Å². The van der Waals surface area contributed by atoms with Crippen molar-refractivity contribution in [2.45, 2.75) is 56.4 Å². The Bertz CT molecular complexity index is 338. The van der Waals surface area contributed by atoms with E-state index in [1.54, 1.807) is 0 Å². The second kappa shape index (κ2) is 7.03. The van der Waals surface area contributed by atoms with Crippen LogP contribution in [0.25, 0.3) is 0 Å². The minimum Gasteiger partial charge on any atom is -0.356 e. The first-order valence-corrected chi connectivity index (χ1v) is 8.21. The lowest BCUT2D eigenvalue weighted by atomic mass is 10.0. The summed E-state index contributed by atoms with van der Waals surface area (Å²) >= 11 is 1.93. The highest BCUT2D eigenvalue weighted by Crippen LogP contribution is 2.33. The van der Waals surface area contributed by atoms with Crippen LogP contribution in [0.4, 0.5) is 4.79 Å². The summed E-state index contributed by atoms with van der Waals surface area (Å²) in [5, 5.41) is 9.33. The lowest BCUT2D eigenvalue weighted by Gasteiger charge is -2.16. The molecule has 5 nitrogen and oxygen atoms in total. The van der Waals surface area contributed by atoms with Gasteiger partial charge in [-0.15, -0.1) is 0 Å². The number of hydrogen-bond acceptors (Lipinski definition) is 3. The summed E-state index contributed by atoms with van der Waals surface area (Å²) in [5.74, 6) is 1.17. The molecule has 3 N–H and O–H groups in total. The molecule has 0 aromatic carbocycles. The number of carbonyl (C=O) groups is 2. The largest absolute Gasteiger partial charge is 0.356 e. The van der Waals surface area contributed by atoms with Crippen LogP contribution in [-0.2, 0) is 4.79 Å². The van der Waals surface area contributed by atoms with Gasteiger partial charge in [-0.25, -0.2) is 4.79 Å². The summed E-state index contributed by atoms with van der Waals surface area (Å²) < 4.78 is 0. The molecule has 0 aromatic heterocycles. The Kier molecular flexibility index (Phi) is 5.36. The molecule has 19 heavy (non-hydrogen) atoms. The van der Waals surface area contributed by atoms with Gasteiger partial charge in [-0.1, -0.05) is 13.3 Å². The number of rotatable bonds is 7. The van der Waals surface area contributed by atoms with E-state index in [2.05, 4.69) is 22.9 Å². The van der Waals surface area contributed by atoms with E-state index in [1.165, 1.54) is 0 Å². The Morgan fingerprint density at radius 2 is 2.26 bits per heavy atom. The molecule has 108 valence electrons. The van der Waals surface area contributed by atoms with Gasteiger partial charge in [0, 0.05) is 24.0 Å². The minimum absolute atomic E-state index is 0.0285. The number of unbranched alkanes of at least 4 members (excludes halogenated alkanes) is 1. The maximum Gasteiger partial charge on any atom is 0.315 e. The van der Waals surface area contributed by atoms with Crippen LogP contribution < -0.4 is 16.0 Å². The minimum atomic E-state index is -0.0285. The summed E-state index contributed by atoms with van der Waals surface area (Å²) in [6, 6.07) is 0.556. The smallest absolute Gasteiger partial charge is 0.315 e. The van der Waals surface area contributed by atoms with Crippen LogP contribution in [0.1, 0.15) is 39.0 Å². The summed E-state index contributed by atoms with van der Waals surface area (Å²) in [6.07, 6.45) is 4.67. The van der Waals surface area contributed by atoms with Gasteiger partial charge in [-0.2, -0.15) is 11.8 Å². The lowest BCUT2D eigenvalue weighted by molar-refractivity contribution is -0.121. The van der Waals surface area contributed by atoms with Crippen LogP contribution >= 0.6 is 11.8 Å². The number of thioether (sulfide) groups is 1. The lowest BCUT2D eigenvalue weighted by Crippen LogP contribution is -2.36. The molecule has 0 aromatic rings. The number of urea groups is 1. The van der Waals surface area contributed by atoms with Gasteiger partial charge in [0.15, 0.2) is 0 Å². The van der Waals surface area contributed by atoms with Crippen molar-refractivity contribution in [2.75, 3.05) is 12.3 Å². The molecular weight excluding hydrogens is 262 g/mol. The van der Waals surface area contributed by atoms with Crippen molar-refractivity contribution >= 4 is 23.7 Å². The summed E-state index contributed by atoms with van der Waals surface area (Å²) in [4.78, 5) is 22.7. The Hall–Kier alpha value is -0.910. The normalized spacial score (nSPS) is 28.7. The van der Waals surface area contributed by atoms with E-state index in [1.807, 2.05) is 11.8 Å². The first-order chi connectivity index (χ1) is 9.20. The Balaban J connectivity index is 1.59. The Morgan fingerprint density at radius 3 is 3.05 bits per heavy atom. The molecule has 2 saturated heterocycles. The molecule has 2 fully saturated rings.